The van der Waals surface area contributed by atoms with Gasteiger partial charge in [0.2, 0.25) is 10.0 Å². The lowest BCUT2D eigenvalue weighted by molar-refractivity contribution is 0.168. The summed E-state index contributed by atoms with van der Waals surface area (Å²) in [6, 6.07) is 0. The molecule has 130 valence electrons. The van der Waals surface area contributed by atoms with E-state index in [1.165, 1.54) is 0 Å². The highest BCUT2D eigenvalue weighted by molar-refractivity contribution is 7.89. The Morgan fingerprint density at radius 1 is 1.23 bits per heavy atom. The Hall–Kier alpha value is -0.603. The normalized spacial score (nSPS) is 17.8. The number of cyclic esters (lactones) is 1. The minimum absolute atomic E-state index is 0.0702. The number of carbonyl (C=O) groups excluding carboxylic acids is 1. The molecule has 0 saturated carbocycles. The molecule has 1 aliphatic rings. The van der Waals surface area contributed by atoms with E-state index in [1.54, 1.807) is 0 Å². The van der Waals surface area contributed by atoms with E-state index in [4.69, 9.17) is 9.16 Å². The first-order valence-corrected chi connectivity index (χ1v) is 12.0. The number of ether oxygens (including phenoxy) is 1. The molecular formula is C14H29NO5SSi. The van der Waals surface area contributed by atoms with Crippen molar-refractivity contribution in [2.45, 2.75) is 52.8 Å². The largest absolute Gasteiger partial charge is 0.447 e. The molecule has 1 fully saturated rings. The van der Waals surface area contributed by atoms with Gasteiger partial charge in [-0.25, -0.2) is 17.5 Å². The highest BCUT2D eigenvalue weighted by Gasteiger charge is 2.41. The second kappa shape index (κ2) is 6.12. The van der Waals surface area contributed by atoms with Gasteiger partial charge < -0.3 is 9.16 Å². The molecule has 0 aromatic rings. The van der Waals surface area contributed by atoms with E-state index < -0.39 is 29.8 Å². The lowest BCUT2D eigenvalue weighted by Gasteiger charge is -2.39. The molecule has 0 unspecified atom stereocenters. The molecule has 0 spiro atoms. The Morgan fingerprint density at radius 2 is 1.77 bits per heavy atom. The second-order valence-corrected chi connectivity index (χ2v) is 14.9. The van der Waals surface area contributed by atoms with Crippen molar-refractivity contribution in [3.8, 4) is 0 Å². The van der Waals surface area contributed by atoms with Gasteiger partial charge in [-0.3, -0.25) is 0 Å². The van der Waals surface area contributed by atoms with Gasteiger partial charge in [-0.1, -0.05) is 34.6 Å². The van der Waals surface area contributed by atoms with Crippen molar-refractivity contribution in [2.75, 3.05) is 25.5 Å². The van der Waals surface area contributed by atoms with Crippen molar-refractivity contribution >= 4 is 24.4 Å². The van der Waals surface area contributed by atoms with Gasteiger partial charge in [0.1, 0.15) is 6.61 Å². The van der Waals surface area contributed by atoms with Crippen LogP contribution in [-0.2, 0) is 19.2 Å². The monoisotopic (exact) mass is 351 g/mol. The highest BCUT2D eigenvalue weighted by atomic mass is 32.2. The average molecular weight is 352 g/mol. The average Bonchev–Trinajstić information content (AvgIpc) is 2.71. The summed E-state index contributed by atoms with van der Waals surface area (Å²) in [6.45, 7) is 15.0. The summed E-state index contributed by atoms with van der Waals surface area (Å²) >= 11 is 0. The van der Waals surface area contributed by atoms with E-state index in [0.29, 0.717) is 6.61 Å². The van der Waals surface area contributed by atoms with Crippen LogP contribution >= 0.6 is 0 Å². The zero-order valence-electron chi connectivity index (χ0n) is 14.7. The smallest absolute Gasteiger partial charge is 0.423 e. The Bertz CT molecular complexity index is 522. The van der Waals surface area contributed by atoms with Gasteiger partial charge >= 0.3 is 6.09 Å². The molecule has 6 nitrogen and oxygen atoms in total. The topological polar surface area (TPSA) is 72.9 Å². The fourth-order valence-electron chi connectivity index (χ4n) is 1.84. The molecule has 0 atom stereocenters. The van der Waals surface area contributed by atoms with E-state index in [-0.39, 0.29) is 23.9 Å². The van der Waals surface area contributed by atoms with Crippen molar-refractivity contribution < 1.29 is 22.4 Å². The number of nitrogens with zero attached hydrogens (tertiary/aromatic N) is 1. The van der Waals surface area contributed by atoms with Crippen LogP contribution in [0, 0.1) is 5.41 Å². The molecule has 0 aromatic carbocycles. The van der Waals surface area contributed by atoms with E-state index in [2.05, 4.69) is 33.9 Å². The van der Waals surface area contributed by atoms with Crippen LogP contribution in [0.15, 0.2) is 0 Å². The van der Waals surface area contributed by atoms with Gasteiger partial charge in [0.15, 0.2) is 8.32 Å². The molecule has 0 radical (unpaired) electrons. The standard InChI is InChI=1S/C14H29NO5SSi/c1-13(2,3)22(6,7)20-10-14(4,5)11-21(17,18)15-8-9-19-12(15)16/h8-11H2,1-7H3. The molecule has 0 bridgehead atoms. The maximum Gasteiger partial charge on any atom is 0.423 e. The summed E-state index contributed by atoms with van der Waals surface area (Å²) in [7, 11) is -5.61. The predicted octanol–water partition coefficient (Wildman–Crippen LogP) is 2.82. The van der Waals surface area contributed by atoms with Crippen molar-refractivity contribution in [3.05, 3.63) is 0 Å². The van der Waals surface area contributed by atoms with Crippen molar-refractivity contribution in [1.82, 2.24) is 4.31 Å². The van der Waals surface area contributed by atoms with Crippen LogP contribution in [0.25, 0.3) is 0 Å². The molecule has 0 aliphatic carbocycles. The van der Waals surface area contributed by atoms with Gasteiger partial charge in [0.25, 0.3) is 0 Å². The summed E-state index contributed by atoms with van der Waals surface area (Å²) in [4.78, 5) is 11.5. The minimum atomic E-state index is -3.68. The van der Waals surface area contributed by atoms with E-state index in [0.717, 1.165) is 4.31 Å². The van der Waals surface area contributed by atoms with Crippen LogP contribution in [0.1, 0.15) is 34.6 Å². The Labute approximate surface area is 135 Å². The predicted molar refractivity (Wildman–Crippen MR) is 88.8 cm³/mol. The Kier molecular flexibility index (Phi) is 5.41. The number of hydrogen-bond acceptors (Lipinski definition) is 5. The van der Waals surface area contributed by atoms with Gasteiger partial charge in [-0.2, -0.15) is 0 Å². The number of carbonyl (C=O) groups is 1. The fourth-order valence-corrected chi connectivity index (χ4v) is 4.88. The van der Waals surface area contributed by atoms with Gasteiger partial charge in [0, 0.05) is 12.0 Å². The summed E-state index contributed by atoms with van der Waals surface area (Å²) in [6.07, 6.45) is -0.777. The van der Waals surface area contributed by atoms with Crippen LogP contribution in [0.2, 0.25) is 18.1 Å². The van der Waals surface area contributed by atoms with Gasteiger partial charge in [-0.15, -0.1) is 0 Å². The van der Waals surface area contributed by atoms with E-state index >= 15 is 0 Å². The lowest BCUT2D eigenvalue weighted by atomic mass is 9.98. The number of rotatable bonds is 6. The minimum Gasteiger partial charge on any atom is -0.447 e. The SMILES string of the molecule is CC(C)(CO[Si](C)(C)C(C)(C)C)CS(=O)(=O)N1CCOC1=O. The summed E-state index contributed by atoms with van der Waals surface area (Å²) in [5, 5.41) is 0.0702. The molecular weight excluding hydrogens is 322 g/mol. The zero-order chi connectivity index (χ0) is 17.4. The summed E-state index contributed by atoms with van der Waals surface area (Å²) in [5.41, 5.74) is -0.572. The van der Waals surface area contributed by atoms with Crippen LogP contribution < -0.4 is 0 Å². The molecule has 1 saturated heterocycles. The third-order valence-electron chi connectivity index (χ3n) is 4.26. The maximum absolute atomic E-state index is 12.4. The summed E-state index contributed by atoms with van der Waals surface area (Å²) < 4.78 is 36.4. The number of amides is 1. The zero-order valence-corrected chi connectivity index (χ0v) is 16.5. The first-order chi connectivity index (χ1) is 9.68. The molecule has 1 heterocycles. The quantitative estimate of drug-likeness (QED) is 0.688. The van der Waals surface area contributed by atoms with Crippen LogP contribution in [0.3, 0.4) is 0 Å². The molecule has 1 amide bonds. The van der Waals surface area contributed by atoms with Crippen LogP contribution in [-0.4, -0.2) is 52.6 Å². The Balaban J connectivity index is 2.73. The third-order valence-corrected chi connectivity index (χ3v) is 10.9. The fraction of sp³-hybridized carbons (Fsp3) is 0.929. The van der Waals surface area contributed by atoms with E-state index in [1.807, 2.05) is 13.8 Å². The van der Waals surface area contributed by atoms with E-state index in [9.17, 15) is 13.2 Å². The first-order valence-electron chi connectivity index (χ1n) is 7.49. The summed E-state index contributed by atoms with van der Waals surface area (Å²) in [5.74, 6) is -0.135. The van der Waals surface area contributed by atoms with Crippen molar-refractivity contribution in [1.29, 1.82) is 0 Å². The second-order valence-electron chi connectivity index (χ2n) is 8.16. The Morgan fingerprint density at radius 3 is 2.18 bits per heavy atom. The maximum atomic E-state index is 12.4. The first kappa shape index (κ1) is 19.4. The molecule has 1 rings (SSSR count). The molecule has 8 heteroatoms. The van der Waals surface area contributed by atoms with Gasteiger partial charge in [0.05, 0.1) is 12.3 Å². The van der Waals surface area contributed by atoms with Crippen LogP contribution in [0.5, 0.6) is 0 Å². The molecule has 0 aromatic heterocycles. The van der Waals surface area contributed by atoms with Gasteiger partial charge in [-0.05, 0) is 18.1 Å². The number of hydrogen-bond donors (Lipinski definition) is 0. The van der Waals surface area contributed by atoms with Crippen molar-refractivity contribution in [3.63, 3.8) is 0 Å². The molecule has 1 aliphatic heterocycles. The van der Waals surface area contributed by atoms with Crippen LogP contribution in [0.4, 0.5) is 4.79 Å². The lowest BCUT2D eigenvalue weighted by Crippen LogP contribution is -2.45. The number of sulfonamides is 1. The highest BCUT2D eigenvalue weighted by Crippen LogP contribution is 2.37. The van der Waals surface area contributed by atoms with Crippen molar-refractivity contribution in [2.24, 2.45) is 5.41 Å². The molecule has 0 N–H and O–H groups in total. The molecule has 22 heavy (non-hydrogen) atoms. The third kappa shape index (κ3) is 4.69.